The van der Waals surface area contributed by atoms with Crippen LogP contribution in [-0.4, -0.2) is 11.6 Å². The van der Waals surface area contributed by atoms with Crippen LogP contribution in [0.4, 0.5) is 0 Å². The number of aliphatic imine (C=N–C) groups is 1. The highest BCUT2D eigenvalue weighted by Crippen LogP contribution is 2.51. The first-order valence-corrected chi connectivity index (χ1v) is 8.99. The summed E-state index contributed by atoms with van der Waals surface area (Å²) in [4.78, 5) is 7.41. The van der Waals surface area contributed by atoms with E-state index >= 15 is 0 Å². The zero-order chi connectivity index (χ0) is 13.7. The first-order valence-electron chi connectivity index (χ1n) is 6.50. The predicted octanol–water partition coefficient (Wildman–Crippen LogP) is 5.47. The van der Waals surface area contributed by atoms with Crippen molar-refractivity contribution in [2.45, 2.75) is 13.3 Å². The van der Waals surface area contributed by atoms with Gasteiger partial charge in [-0.3, -0.25) is 4.99 Å². The third-order valence-corrected chi connectivity index (χ3v) is 6.28. The molecular formula is C16H12BrNS2. The summed E-state index contributed by atoms with van der Waals surface area (Å²) in [7, 11) is 0. The Morgan fingerprint density at radius 1 is 1.20 bits per heavy atom. The Balaban J connectivity index is 1.95. The van der Waals surface area contributed by atoms with E-state index < -0.39 is 0 Å². The molecule has 0 aromatic rings. The van der Waals surface area contributed by atoms with Crippen LogP contribution in [0.25, 0.3) is 0 Å². The van der Waals surface area contributed by atoms with Crippen LogP contribution in [0.2, 0.25) is 0 Å². The van der Waals surface area contributed by atoms with Gasteiger partial charge in [0.05, 0.1) is 11.6 Å². The van der Waals surface area contributed by atoms with Crippen LogP contribution >= 0.6 is 39.5 Å². The van der Waals surface area contributed by atoms with Crippen LogP contribution in [0.3, 0.4) is 0 Å². The van der Waals surface area contributed by atoms with E-state index in [0.29, 0.717) is 0 Å². The first kappa shape index (κ1) is 13.0. The molecule has 4 rings (SSSR count). The zero-order valence-electron chi connectivity index (χ0n) is 10.9. The Labute approximate surface area is 135 Å². The third kappa shape index (κ3) is 2.05. The first-order chi connectivity index (χ1) is 9.72. The second kappa shape index (κ2) is 4.93. The second-order valence-electron chi connectivity index (χ2n) is 5.00. The molecule has 4 heteroatoms. The Morgan fingerprint density at radius 2 is 2.10 bits per heavy atom. The molecule has 1 nitrogen and oxygen atoms in total. The Kier molecular flexibility index (Phi) is 3.20. The minimum atomic E-state index is 0.799. The van der Waals surface area contributed by atoms with E-state index in [0.717, 1.165) is 17.4 Å². The van der Waals surface area contributed by atoms with Crippen LogP contribution < -0.4 is 0 Å². The molecule has 2 heterocycles. The molecule has 0 fully saturated rings. The Bertz CT molecular complexity index is 730. The van der Waals surface area contributed by atoms with Gasteiger partial charge in [-0.05, 0) is 46.8 Å². The van der Waals surface area contributed by atoms with Gasteiger partial charge in [-0.2, -0.15) is 0 Å². The average molecular weight is 362 g/mol. The lowest BCUT2D eigenvalue weighted by atomic mass is 10.1. The molecule has 100 valence electrons. The lowest BCUT2D eigenvalue weighted by Gasteiger charge is -2.18. The fraction of sp³-hybridized carbons (Fsp3) is 0.188. The summed E-state index contributed by atoms with van der Waals surface area (Å²) in [6.45, 7) is 2.90. The van der Waals surface area contributed by atoms with Gasteiger partial charge < -0.3 is 0 Å². The highest BCUT2D eigenvalue weighted by Gasteiger charge is 2.30. The molecule has 0 saturated heterocycles. The fourth-order valence-corrected chi connectivity index (χ4v) is 5.18. The summed E-state index contributed by atoms with van der Waals surface area (Å²) in [6.07, 6.45) is 9.94. The number of halogens is 1. The quantitative estimate of drug-likeness (QED) is 0.567. The molecule has 0 atom stereocenters. The molecule has 20 heavy (non-hydrogen) atoms. The van der Waals surface area contributed by atoms with E-state index in [-0.39, 0.29) is 0 Å². The number of nitrogens with zero attached hydrogens (tertiary/aromatic N) is 1. The molecule has 4 aliphatic rings. The SMILES string of the molecule is CC1=NCC2=CC(Br)=CC3=C4SC=CC=C4CC3=C2S1. The number of fused-ring (bicyclic) bond motifs is 3. The maximum atomic E-state index is 4.58. The van der Waals surface area contributed by atoms with Crippen molar-refractivity contribution in [3.05, 3.63) is 66.3 Å². The van der Waals surface area contributed by atoms with Gasteiger partial charge in [0.25, 0.3) is 0 Å². The molecule has 0 unspecified atom stereocenters. The number of rotatable bonds is 0. The van der Waals surface area contributed by atoms with E-state index in [4.69, 9.17) is 0 Å². The molecule has 2 aliphatic heterocycles. The van der Waals surface area contributed by atoms with Gasteiger partial charge in [0, 0.05) is 20.7 Å². The number of thioether (sulfide) groups is 2. The average Bonchev–Trinajstić information content (AvgIpc) is 2.73. The molecule has 0 radical (unpaired) electrons. The summed E-state index contributed by atoms with van der Waals surface area (Å²) < 4.78 is 1.15. The molecule has 2 aliphatic carbocycles. The summed E-state index contributed by atoms with van der Waals surface area (Å²) in [5.41, 5.74) is 5.66. The van der Waals surface area contributed by atoms with Crippen molar-refractivity contribution in [3.8, 4) is 0 Å². The summed E-state index contributed by atoms with van der Waals surface area (Å²) in [5.74, 6) is 0. The number of hydrogen-bond donors (Lipinski definition) is 0. The van der Waals surface area contributed by atoms with E-state index in [1.54, 1.807) is 0 Å². The molecule has 0 saturated carbocycles. The van der Waals surface area contributed by atoms with Gasteiger partial charge in [-0.25, -0.2) is 0 Å². The minimum Gasteiger partial charge on any atom is -0.278 e. The van der Waals surface area contributed by atoms with Crippen molar-refractivity contribution < 1.29 is 0 Å². The monoisotopic (exact) mass is 361 g/mol. The highest BCUT2D eigenvalue weighted by atomic mass is 79.9. The molecule has 0 aromatic carbocycles. The number of hydrogen-bond acceptors (Lipinski definition) is 3. The van der Waals surface area contributed by atoms with Crippen molar-refractivity contribution >= 4 is 44.5 Å². The van der Waals surface area contributed by atoms with E-state index in [1.807, 2.05) is 23.5 Å². The third-order valence-electron chi connectivity index (χ3n) is 3.67. The Hall–Kier alpha value is -0.710. The van der Waals surface area contributed by atoms with Gasteiger partial charge >= 0.3 is 0 Å². The topological polar surface area (TPSA) is 12.4 Å². The van der Waals surface area contributed by atoms with Gasteiger partial charge in [0.2, 0.25) is 0 Å². The maximum Gasteiger partial charge on any atom is 0.0696 e. The smallest absolute Gasteiger partial charge is 0.0696 e. The normalized spacial score (nSPS) is 24.3. The summed E-state index contributed by atoms with van der Waals surface area (Å²) in [6, 6.07) is 0. The van der Waals surface area contributed by atoms with E-state index in [2.05, 4.69) is 57.6 Å². The van der Waals surface area contributed by atoms with Crippen molar-refractivity contribution in [2.24, 2.45) is 4.99 Å². The highest BCUT2D eigenvalue weighted by molar-refractivity contribution is 9.11. The largest absolute Gasteiger partial charge is 0.278 e. The van der Waals surface area contributed by atoms with E-state index in [9.17, 15) is 0 Å². The van der Waals surface area contributed by atoms with Gasteiger partial charge in [0.1, 0.15) is 0 Å². The van der Waals surface area contributed by atoms with Gasteiger partial charge in [-0.15, -0.1) is 0 Å². The lowest BCUT2D eigenvalue weighted by Crippen LogP contribution is -2.04. The van der Waals surface area contributed by atoms with Crippen molar-refractivity contribution in [2.75, 3.05) is 6.54 Å². The molecule has 0 aromatic heterocycles. The van der Waals surface area contributed by atoms with Crippen LogP contribution in [0, 0.1) is 0 Å². The molecule has 0 N–H and O–H groups in total. The van der Waals surface area contributed by atoms with Crippen molar-refractivity contribution in [3.63, 3.8) is 0 Å². The second-order valence-corrected chi connectivity index (χ2v) is 8.04. The van der Waals surface area contributed by atoms with Crippen LogP contribution in [0.1, 0.15) is 13.3 Å². The zero-order valence-corrected chi connectivity index (χ0v) is 14.2. The maximum absolute atomic E-state index is 4.58. The summed E-state index contributed by atoms with van der Waals surface area (Å²) in [5, 5.41) is 3.34. The van der Waals surface area contributed by atoms with Crippen molar-refractivity contribution in [1.29, 1.82) is 0 Å². The molecule has 0 bridgehead atoms. The predicted molar refractivity (Wildman–Crippen MR) is 94.1 cm³/mol. The van der Waals surface area contributed by atoms with E-state index in [1.165, 1.54) is 37.1 Å². The molecule has 0 spiro atoms. The van der Waals surface area contributed by atoms with Crippen LogP contribution in [0.5, 0.6) is 0 Å². The lowest BCUT2D eigenvalue weighted by molar-refractivity contribution is 1.14. The fourth-order valence-electron chi connectivity index (χ4n) is 2.79. The Morgan fingerprint density at radius 3 is 3.00 bits per heavy atom. The van der Waals surface area contributed by atoms with Crippen LogP contribution in [0.15, 0.2) is 71.3 Å². The molecule has 0 amide bonds. The minimum absolute atomic E-state index is 0.799. The molecular weight excluding hydrogens is 350 g/mol. The van der Waals surface area contributed by atoms with Gasteiger partial charge in [0.15, 0.2) is 0 Å². The van der Waals surface area contributed by atoms with Crippen LogP contribution in [-0.2, 0) is 0 Å². The standard InChI is InChI=1S/C16H12BrNS2/c1-9-18-8-11-5-12(17)7-14-13(16(11)20-9)6-10-3-2-4-19-15(10)14/h2-5,7H,6,8H2,1H3. The van der Waals surface area contributed by atoms with Crippen molar-refractivity contribution in [1.82, 2.24) is 0 Å². The number of allylic oxidation sites excluding steroid dienone is 8. The van der Waals surface area contributed by atoms with Gasteiger partial charge in [-0.1, -0.05) is 51.6 Å². The summed E-state index contributed by atoms with van der Waals surface area (Å²) >= 11 is 7.35.